The minimum absolute atomic E-state index is 0.670. The van der Waals surface area contributed by atoms with E-state index in [9.17, 15) is 0 Å². The molecule has 0 rings (SSSR count). The van der Waals surface area contributed by atoms with E-state index in [2.05, 4.69) is 12.2 Å². The van der Waals surface area contributed by atoms with Crippen LogP contribution in [0.3, 0.4) is 0 Å². The van der Waals surface area contributed by atoms with Crippen LogP contribution in [0, 0.1) is 0 Å². The molecule has 2 nitrogen and oxygen atoms in total. The largest absolute Gasteiger partial charge is 0.315 e. The Morgan fingerprint density at radius 2 is 2.00 bits per heavy atom. The van der Waals surface area contributed by atoms with Crippen molar-refractivity contribution >= 4 is 23.6 Å². The van der Waals surface area contributed by atoms with Crippen LogP contribution in [0.1, 0.15) is 13.3 Å². The van der Waals surface area contributed by atoms with E-state index in [-0.39, 0.29) is 0 Å². The molecule has 0 heterocycles. The predicted octanol–water partition coefficient (Wildman–Crippen LogP) is 1.60. The molecule has 0 aromatic heterocycles. The number of halogens is 2. The standard InChI is InChI=1S/C5H12Cl2N2/c1-2-3-8-4-5-9(6)7/h8H,2-5H2,1H3. The summed E-state index contributed by atoms with van der Waals surface area (Å²) in [5.74, 6) is 0. The molecular formula is C5H12Cl2N2. The highest BCUT2D eigenvalue weighted by molar-refractivity contribution is 6.33. The summed E-state index contributed by atoms with van der Waals surface area (Å²) in [5.41, 5.74) is 0. The molecule has 0 saturated heterocycles. The van der Waals surface area contributed by atoms with E-state index >= 15 is 0 Å². The summed E-state index contributed by atoms with van der Waals surface area (Å²) in [5, 5.41) is 3.16. The third-order valence-corrected chi connectivity index (χ3v) is 1.22. The van der Waals surface area contributed by atoms with Gasteiger partial charge in [0.15, 0.2) is 0 Å². The van der Waals surface area contributed by atoms with Crippen LogP contribution in [0.5, 0.6) is 0 Å². The van der Waals surface area contributed by atoms with Crippen molar-refractivity contribution in [2.75, 3.05) is 19.6 Å². The first-order valence-electron chi connectivity index (χ1n) is 3.07. The van der Waals surface area contributed by atoms with Gasteiger partial charge in [0.25, 0.3) is 0 Å². The van der Waals surface area contributed by atoms with Crippen molar-refractivity contribution in [3.8, 4) is 0 Å². The average Bonchev–Trinajstić information content (AvgIpc) is 1.80. The minimum atomic E-state index is 0.670. The molecule has 0 saturated carbocycles. The zero-order chi connectivity index (χ0) is 7.11. The lowest BCUT2D eigenvalue weighted by atomic mass is 10.5. The molecule has 56 valence electrons. The van der Waals surface area contributed by atoms with Gasteiger partial charge in [0.2, 0.25) is 0 Å². The molecular weight excluding hydrogens is 159 g/mol. The molecule has 0 unspecified atom stereocenters. The van der Waals surface area contributed by atoms with Crippen LogP contribution in [-0.2, 0) is 0 Å². The zero-order valence-corrected chi connectivity index (χ0v) is 7.04. The Balaban J connectivity index is 2.75. The van der Waals surface area contributed by atoms with Gasteiger partial charge in [-0.2, -0.15) is 0 Å². The van der Waals surface area contributed by atoms with Crippen LogP contribution in [-0.4, -0.2) is 23.6 Å². The van der Waals surface area contributed by atoms with Gasteiger partial charge in [-0.15, -0.1) is 3.94 Å². The Bertz CT molecular complexity index is 58.9. The van der Waals surface area contributed by atoms with Gasteiger partial charge >= 0.3 is 0 Å². The van der Waals surface area contributed by atoms with Crippen LogP contribution in [0.15, 0.2) is 0 Å². The Kier molecular flexibility index (Phi) is 6.99. The molecule has 0 amide bonds. The van der Waals surface area contributed by atoms with Gasteiger partial charge < -0.3 is 5.32 Å². The number of hydrogen-bond acceptors (Lipinski definition) is 2. The van der Waals surface area contributed by atoms with E-state index in [0.29, 0.717) is 6.54 Å². The molecule has 0 fully saturated rings. The molecule has 0 aromatic rings. The number of hydrogen-bond donors (Lipinski definition) is 1. The third kappa shape index (κ3) is 8.50. The first-order valence-corrected chi connectivity index (χ1v) is 3.74. The summed E-state index contributed by atoms with van der Waals surface area (Å²) in [6.07, 6.45) is 1.14. The van der Waals surface area contributed by atoms with E-state index in [4.69, 9.17) is 23.6 Å². The lowest BCUT2D eigenvalue weighted by Gasteiger charge is -2.03. The maximum absolute atomic E-state index is 5.32. The first kappa shape index (κ1) is 9.50. The van der Waals surface area contributed by atoms with Gasteiger partial charge in [-0.25, -0.2) is 0 Å². The van der Waals surface area contributed by atoms with Crippen LogP contribution in [0.25, 0.3) is 0 Å². The Hall–Kier alpha value is 0.500. The van der Waals surface area contributed by atoms with Gasteiger partial charge in [0, 0.05) is 13.1 Å². The third-order valence-electron chi connectivity index (χ3n) is 0.884. The van der Waals surface area contributed by atoms with Crippen molar-refractivity contribution in [3.05, 3.63) is 0 Å². The van der Waals surface area contributed by atoms with Gasteiger partial charge in [0.1, 0.15) is 0 Å². The molecule has 0 atom stereocenters. The monoisotopic (exact) mass is 170 g/mol. The average molecular weight is 171 g/mol. The maximum Gasteiger partial charge on any atom is 0.0429 e. The summed E-state index contributed by atoms with van der Waals surface area (Å²) in [6.45, 7) is 4.66. The van der Waals surface area contributed by atoms with Crippen molar-refractivity contribution in [2.24, 2.45) is 0 Å². The lowest BCUT2D eigenvalue weighted by molar-refractivity contribution is 0.600. The Morgan fingerprint density at radius 1 is 1.33 bits per heavy atom. The molecule has 0 aliphatic heterocycles. The van der Waals surface area contributed by atoms with Crippen molar-refractivity contribution in [3.63, 3.8) is 0 Å². The van der Waals surface area contributed by atoms with Crippen LogP contribution in [0.4, 0.5) is 0 Å². The lowest BCUT2D eigenvalue weighted by Crippen LogP contribution is -2.22. The van der Waals surface area contributed by atoms with E-state index < -0.39 is 0 Å². The molecule has 0 bridgehead atoms. The normalized spacial score (nSPS) is 10.7. The van der Waals surface area contributed by atoms with Gasteiger partial charge in [0.05, 0.1) is 0 Å². The highest BCUT2D eigenvalue weighted by atomic mass is 35.5. The number of nitrogens with one attached hydrogen (secondary N) is 1. The Labute approximate surface area is 66.3 Å². The van der Waals surface area contributed by atoms with Gasteiger partial charge in [-0.3, -0.25) is 0 Å². The van der Waals surface area contributed by atoms with E-state index in [1.54, 1.807) is 0 Å². The molecule has 9 heavy (non-hydrogen) atoms. The Morgan fingerprint density at radius 3 is 2.44 bits per heavy atom. The molecule has 0 aliphatic rings. The fraction of sp³-hybridized carbons (Fsp3) is 1.00. The minimum Gasteiger partial charge on any atom is -0.315 e. The summed E-state index contributed by atoms with van der Waals surface area (Å²) in [4.78, 5) is 0. The topological polar surface area (TPSA) is 15.3 Å². The van der Waals surface area contributed by atoms with Crippen LogP contribution in [0.2, 0.25) is 0 Å². The van der Waals surface area contributed by atoms with Crippen molar-refractivity contribution < 1.29 is 0 Å². The van der Waals surface area contributed by atoms with E-state index in [1.807, 2.05) is 0 Å². The second kappa shape index (κ2) is 6.62. The first-order chi connectivity index (χ1) is 4.27. The van der Waals surface area contributed by atoms with E-state index in [1.165, 1.54) is 0 Å². The van der Waals surface area contributed by atoms with Crippen molar-refractivity contribution in [1.29, 1.82) is 0 Å². The molecule has 0 aromatic carbocycles. The summed E-state index contributed by atoms with van der Waals surface area (Å²) < 4.78 is 1.13. The van der Waals surface area contributed by atoms with Gasteiger partial charge in [-0.05, 0) is 36.5 Å². The summed E-state index contributed by atoms with van der Waals surface area (Å²) >= 11 is 10.6. The summed E-state index contributed by atoms with van der Waals surface area (Å²) in [7, 11) is 0. The molecule has 0 aliphatic carbocycles. The summed E-state index contributed by atoms with van der Waals surface area (Å²) in [6, 6.07) is 0. The second-order valence-corrected chi connectivity index (χ2v) is 2.77. The molecule has 4 heteroatoms. The maximum atomic E-state index is 5.32. The fourth-order valence-corrected chi connectivity index (χ4v) is 0.634. The second-order valence-electron chi connectivity index (χ2n) is 1.78. The SMILES string of the molecule is CCCNCCN(Cl)Cl. The van der Waals surface area contributed by atoms with E-state index in [0.717, 1.165) is 23.4 Å². The van der Waals surface area contributed by atoms with Gasteiger partial charge in [-0.1, -0.05) is 6.92 Å². The van der Waals surface area contributed by atoms with Crippen LogP contribution >= 0.6 is 23.6 Å². The fourth-order valence-electron chi connectivity index (χ4n) is 0.465. The highest BCUT2D eigenvalue weighted by Crippen LogP contribution is 1.94. The van der Waals surface area contributed by atoms with Crippen LogP contribution < -0.4 is 5.32 Å². The van der Waals surface area contributed by atoms with Crippen molar-refractivity contribution in [2.45, 2.75) is 13.3 Å². The van der Waals surface area contributed by atoms with Crippen molar-refractivity contribution in [1.82, 2.24) is 9.25 Å². The predicted molar refractivity (Wildman–Crippen MR) is 41.6 cm³/mol. The number of nitrogens with zero attached hydrogens (tertiary/aromatic N) is 1. The quantitative estimate of drug-likeness (QED) is 0.499. The smallest absolute Gasteiger partial charge is 0.0429 e. The number of rotatable bonds is 5. The molecule has 0 radical (unpaired) electrons. The zero-order valence-electron chi connectivity index (χ0n) is 5.53. The highest BCUT2D eigenvalue weighted by Gasteiger charge is 1.91. The molecule has 0 spiro atoms. The molecule has 1 N–H and O–H groups in total.